The second-order valence-corrected chi connectivity index (χ2v) is 8.61. The summed E-state index contributed by atoms with van der Waals surface area (Å²) >= 11 is 0. The van der Waals surface area contributed by atoms with Crippen molar-refractivity contribution in [2.45, 2.75) is 26.3 Å². The Morgan fingerprint density at radius 1 is 1.14 bits per heavy atom. The van der Waals surface area contributed by atoms with Gasteiger partial charge < -0.3 is 14.3 Å². The third-order valence-electron chi connectivity index (χ3n) is 4.53. The van der Waals surface area contributed by atoms with E-state index < -0.39 is 22.6 Å². The number of benzene rings is 2. The molecule has 1 heterocycles. The van der Waals surface area contributed by atoms with Crippen LogP contribution in [0.1, 0.15) is 23.3 Å². The molecular weight excluding hydrogens is 394 g/mol. The van der Waals surface area contributed by atoms with Crippen LogP contribution in [-0.4, -0.2) is 31.9 Å². The van der Waals surface area contributed by atoms with Crippen molar-refractivity contribution in [2.24, 2.45) is 0 Å². The van der Waals surface area contributed by atoms with E-state index in [2.05, 4.69) is 4.72 Å². The Balaban J connectivity index is 1.65. The topological polar surface area (TPSA) is 106 Å². The van der Waals surface area contributed by atoms with Gasteiger partial charge >= 0.3 is 5.97 Å². The zero-order chi connectivity index (χ0) is 20.9. The summed E-state index contributed by atoms with van der Waals surface area (Å²) in [6.07, 6.45) is 1.22. The number of carboxylic acid groups (broad SMARTS) is 1. The van der Waals surface area contributed by atoms with Crippen LogP contribution < -0.4 is 9.46 Å². The molecule has 0 bridgehead atoms. The summed E-state index contributed by atoms with van der Waals surface area (Å²) in [5.41, 5.74) is 2.21. The summed E-state index contributed by atoms with van der Waals surface area (Å²) in [7, 11) is -3.45. The number of ether oxygens (including phenoxy) is 1. The van der Waals surface area contributed by atoms with Crippen LogP contribution in [0.15, 0.2) is 52.9 Å². The lowest BCUT2D eigenvalue weighted by molar-refractivity contribution is -0.139. The van der Waals surface area contributed by atoms with E-state index in [1.54, 1.807) is 25.1 Å². The lowest BCUT2D eigenvalue weighted by Gasteiger charge is -2.07. The van der Waals surface area contributed by atoms with Gasteiger partial charge in [-0.25, -0.2) is 17.9 Å². The Labute approximate surface area is 169 Å². The average Bonchev–Trinajstić information content (AvgIpc) is 3.01. The number of carboxylic acids is 1. The third-order valence-corrected chi connectivity index (χ3v) is 5.94. The first-order chi connectivity index (χ1) is 13.9. The van der Waals surface area contributed by atoms with E-state index in [1.807, 2.05) is 30.3 Å². The van der Waals surface area contributed by atoms with Crippen LogP contribution in [-0.2, 0) is 27.8 Å². The first-order valence-corrected chi connectivity index (χ1v) is 10.9. The maximum atomic E-state index is 12.4. The molecule has 2 N–H and O–H groups in total. The van der Waals surface area contributed by atoms with Crippen LogP contribution >= 0.6 is 0 Å². The highest BCUT2D eigenvalue weighted by molar-refractivity contribution is 7.89. The zero-order valence-electron chi connectivity index (χ0n) is 16.1. The summed E-state index contributed by atoms with van der Waals surface area (Å²) < 4.78 is 38.4. The molecule has 0 aliphatic heterocycles. The second-order valence-electron chi connectivity index (χ2n) is 6.68. The van der Waals surface area contributed by atoms with Crippen LogP contribution in [0.25, 0.3) is 11.0 Å². The van der Waals surface area contributed by atoms with Crippen molar-refractivity contribution >= 4 is 27.0 Å². The lowest BCUT2D eigenvalue weighted by atomic mass is 10.1. The predicted octanol–water partition coefficient (Wildman–Crippen LogP) is 3.26. The number of nitrogens with one attached hydrogen (secondary N) is 1. The fourth-order valence-corrected chi connectivity index (χ4v) is 4.13. The molecule has 0 aliphatic rings. The van der Waals surface area contributed by atoms with E-state index in [-0.39, 0.29) is 12.3 Å². The van der Waals surface area contributed by atoms with Crippen molar-refractivity contribution in [3.05, 3.63) is 65.4 Å². The van der Waals surface area contributed by atoms with E-state index in [9.17, 15) is 13.2 Å². The van der Waals surface area contributed by atoms with Gasteiger partial charge in [-0.1, -0.05) is 42.5 Å². The molecule has 0 radical (unpaired) electrons. The predicted molar refractivity (Wildman–Crippen MR) is 109 cm³/mol. The standard InChI is InChI=1S/C21H23NO6S/c1-15-18(17-10-5-11-19(21(17)28-15)27-14-20(23)24)13-22-29(25,26)12-6-9-16-7-3-2-4-8-16/h2-5,7-8,10-11,22H,6,9,12-14H2,1H3,(H,23,24). The van der Waals surface area contributed by atoms with Crippen molar-refractivity contribution in [2.75, 3.05) is 12.4 Å². The fraction of sp³-hybridized carbons (Fsp3) is 0.286. The Kier molecular flexibility index (Phi) is 6.56. The summed E-state index contributed by atoms with van der Waals surface area (Å²) in [6.45, 7) is 1.34. The minimum absolute atomic E-state index is 0.0314. The van der Waals surface area contributed by atoms with Crippen molar-refractivity contribution in [3.8, 4) is 5.75 Å². The molecule has 2 aromatic carbocycles. The highest BCUT2D eigenvalue weighted by atomic mass is 32.2. The summed E-state index contributed by atoms with van der Waals surface area (Å²) in [5, 5.41) is 9.48. The van der Waals surface area contributed by atoms with Gasteiger partial charge in [-0.3, -0.25) is 0 Å². The highest BCUT2D eigenvalue weighted by Gasteiger charge is 2.18. The minimum Gasteiger partial charge on any atom is -0.479 e. The Morgan fingerprint density at radius 2 is 1.90 bits per heavy atom. The maximum Gasteiger partial charge on any atom is 0.341 e. The number of hydrogen-bond acceptors (Lipinski definition) is 5. The van der Waals surface area contributed by atoms with Crippen molar-refractivity contribution in [3.63, 3.8) is 0 Å². The molecule has 3 rings (SSSR count). The number of furan rings is 1. The Morgan fingerprint density at radius 3 is 2.62 bits per heavy atom. The number of sulfonamides is 1. The van der Waals surface area contributed by atoms with Crippen LogP contribution in [0.4, 0.5) is 0 Å². The van der Waals surface area contributed by atoms with Gasteiger partial charge in [0.25, 0.3) is 0 Å². The number of carbonyl (C=O) groups is 1. The number of aryl methyl sites for hydroxylation is 2. The van der Waals surface area contributed by atoms with Gasteiger partial charge in [-0.15, -0.1) is 0 Å². The first-order valence-electron chi connectivity index (χ1n) is 9.22. The monoisotopic (exact) mass is 417 g/mol. The zero-order valence-corrected chi connectivity index (χ0v) is 16.9. The van der Waals surface area contributed by atoms with Crippen LogP contribution in [0.2, 0.25) is 0 Å². The van der Waals surface area contributed by atoms with Crippen molar-refractivity contribution in [1.29, 1.82) is 0 Å². The first kappa shape index (κ1) is 20.9. The normalized spacial score (nSPS) is 11.6. The fourth-order valence-electron chi connectivity index (χ4n) is 3.10. The van der Waals surface area contributed by atoms with Gasteiger partial charge in [0.2, 0.25) is 10.0 Å². The number of rotatable bonds is 10. The molecule has 1 aromatic heterocycles. The van der Waals surface area contributed by atoms with Gasteiger partial charge in [-0.2, -0.15) is 0 Å². The molecule has 8 heteroatoms. The van der Waals surface area contributed by atoms with Gasteiger partial charge in [0.1, 0.15) is 5.76 Å². The van der Waals surface area contributed by atoms with E-state index in [0.29, 0.717) is 40.9 Å². The molecule has 0 saturated heterocycles. The van der Waals surface area contributed by atoms with Crippen LogP contribution in [0, 0.1) is 6.92 Å². The third kappa shape index (κ3) is 5.58. The summed E-state index contributed by atoms with van der Waals surface area (Å²) in [4.78, 5) is 10.7. The van der Waals surface area contributed by atoms with Gasteiger partial charge in [0.05, 0.1) is 5.75 Å². The molecule has 3 aromatic rings. The van der Waals surface area contributed by atoms with E-state index in [0.717, 1.165) is 5.56 Å². The van der Waals surface area contributed by atoms with Crippen molar-refractivity contribution < 1.29 is 27.5 Å². The number of aliphatic carboxylic acids is 1. The number of para-hydroxylation sites is 1. The molecule has 0 atom stereocenters. The molecule has 0 amide bonds. The smallest absolute Gasteiger partial charge is 0.341 e. The molecule has 0 aliphatic carbocycles. The molecule has 154 valence electrons. The SMILES string of the molecule is Cc1oc2c(OCC(=O)O)cccc2c1CNS(=O)(=O)CCCc1ccccc1. The number of fused-ring (bicyclic) bond motifs is 1. The van der Waals surface area contributed by atoms with Gasteiger partial charge in [-0.05, 0) is 31.4 Å². The van der Waals surface area contributed by atoms with Crippen LogP contribution in [0.3, 0.4) is 0 Å². The molecule has 0 spiro atoms. The highest BCUT2D eigenvalue weighted by Crippen LogP contribution is 2.32. The van der Waals surface area contributed by atoms with Crippen LogP contribution in [0.5, 0.6) is 5.75 Å². The Bertz CT molecular complexity index is 1090. The quantitative estimate of drug-likeness (QED) is 0.525. The van der Waals surface area contributed by atoms with E-state index in [1.165, 1.54) is 0 Å². The maximum absolute atomic E-state index is 12.4. The second kappa shape index (κ2) is 9.11. The molecule has 0 fully saturated rings. The summed E-state index contributed by atoms with van der Waals surface area (Å²) in [6, 6.07) is 14.9. The average molecular weight is 417 g/mol. The van der Waals surface area contributed by atoms with E-state index in [4.69, 9.17) is 14.3 Å². The summed E-state index contributed by atoms with van der Waals surface area (Å²) in [5.74, 6) is -0.193. The molecule has 0 saturated carbocycles. The van der Waals surface area contributed by atoms with Gasteiger partial charge in [0.15, 0.2) is 17.9 Å². The van der Waals surface area contributed by atoms with Gasteiger partial charge in [0, 0.05) is 17.5 Å². The number of hydrogen-bond donors (Lipinski definition) is 2. The van der Waals surface area contributed by atoms with E-state index >= 15 is 0 Å². The largest absolute Gasteiger partial charge is 0.479 e. The lowest BCUT2D eigenvalue weighted by Crippen LogP contribution is -2.26. The minimum atomic E-state index is -3.45. The molecule has 7 nitrogen and oxygen atoms in total. The molecule has 0 unspecified atom stereocenters. The Hall–Kier alpha value is -2.84. The van der Waals surface area contributed by atoms with Crippen molar-refractivity contribution in [1.82, 2.24) is 4.72 Å². The molecule has 29 heavy (non-hydrogen) atoms. The molecular formula is C21H23NO6S.